The van der Waals surface area contributed by atoms with Crippen LogP contribution in [0.1, 0.15) is 42.4 Å². The average molecular weight is 465 g/mol. The summed E-state index contributed by atoms with van der Waals surface area (Å²) in [5.74, 6) is -1.23. The van der Waals surface area contributed by atoms with Crippen molar-refractivity contribution in [2.75, 3.05) is 20.3 Å². The number of hydrogen-bond donors (Lipinski definition) is 1. The molecular weight excluding hydrogens is 436 g/mol. The SMILES string of the molecule is CN(C1CCOCC1)C1CC(C(=O)NCc2cc(F)cc(C(F)(F)F)c2)(c2ccccc2)C1. The first-order chi connectivity index (χ1) is 15.7. The number of benzene rings is 2. The number of carbonyl (C=O) groups is 1. The van der Waals surface area contributed by atoms with E-state index in [-0.39, 0.29) is 24.1 Å². The van der Waals surface area contributed by atoms with Crippen LogP contribution in [0.4, 0.5) is 17.6 Å². The van der Waals surface area contributed by atoms with E-state index in [4.69, 9.17) is 4.74 Å². The van der Waals surface area contributed by atoms with Gasteiger partial charge in [-0.25, -0.2) is 4.39 Å². The summed E-state index contributed by atoms with van der Waals surface area (Å²) >= 11 is 0. The number of rotatable bonds is 6. The van der Waals surface area contributed by atoms with Crippen molar-refractivity contribution in [3.63, 3.8) is 0 Å². The number of nitrogens with zero attached hydrogens (tertiary/aromatic N) is 1. The Kier molecular flexibility index (Phi) is 6.77. The minimum absolute atomic E-state index is 0.0779. The Morgan fingerprint density at radius 2 is 1.76 bits per heavy atom. The molecule has 0 radical (unpaired) electrons. The number of hydrogen-bond acceptors (Lipinski definition) is 3. The van der Waals surface area contributed by atoms with E-state index in [0.717, 1.165) is 43.8 Å². The molecule has 2 fully saturated rings. The molecule has 0 spiro atoms. The maximum absolute atomic E-state index is 13.7. The van der Waals surface area contributed by atoms with Crippen molar-refractivity contribution in [2.24, 2.45) is 0 Å². The molecule has 33 heavy (non-hydrogen) atoms. The van der Waals surface area contributed by atoms with Crippen molar-refractivity contribution in [1.82, 2.24) is 10.2 Å². The van der Waals surface area contributed by atoms with E-state index in [1.165, 1.54) is 0 Å². The van der Waals surface area contributed by atoms with Crippen molar-refractivity contribution >= 4 is 5.91 Å². The summed E-state index contributed by atoms with van der Waals surface area (Å²) < 4.78 is 58.3. The maximum Gasteiger partial charge on any atom is 0.416 e. The van der Waals surface area contributed by atoms with E-state index < -0.39 is 23.0 Å². The van der Waals surface area contributed by atoms with E-state index >= 15 is 0 Å². The van der Waals surface area contributed by atoms with Crippen molar-refractivity contribution in [3.8, 4) is 0 Å². The smallest absolute Gasteiger partial charge is 0.381 e. The van der Waals surface area contributed by atoms with Gasteiger partial charge in [0.05, 0.1) is 11.0 Å². The molecule has 0 atom stereocenters. The van der Waals surface area contributed by atoms with Crippen LogP contribution in [-0.2, 0) is 27.7 Å². The fraction of sp³-hybridized carbons (Fsp3) is 0.480. The normalized spacial score (nSPS) is 23.9. The first kappa shape index (κ1) is 23.7. The number of ether oxygens (including phenoxy) is 1. The minimum Gasteiger partial charge on any atom is -0.381 e. The molecule has 2 aliphatic rings. The zero-order chi connectivity index (χ0) is 23.6. The highest BCUT2D eigenvalue weighted by molar-refractivity contribution is 5.89. The summed E-state index contributed by atoms with van der Waals surface area (Å²) in [6.07, 6.45) is -1.50. The average Bonchev–Trinajstić information content (AvgIpc) is 2.77. The van der Waals surface area contributed by atoms with Crippen LogP contribution in [0.2, 0.25) is 0 Å². The van der Waals surface area contributed by atoms with Gasteiger partial charge < -0.3 is 15.0 Å². The van der Waals surface area contributed by atoms with Gasteiger partial charge in [0.2, 0.25) is 5.91 Å². The highest BCUT2D eigenvalue weighted by Gasteiger charge is 2.53. The molecule has 178 valence electrons. The quantitative estimate of drug-likeness (QED) is 0.632. The van der Waals surface area contributed by atoms with Crippen LogP contribution in [0.25, 0.3) is 0 Å². The van der Waals surface area contributed by atoms with E-state index in [0.29, 0.717) is 24.9 Å². The predicted octanol–water partition coefficient (Wildman–Crippen LogP) is 4.67. The number of nitrogens with one attached hydrogen (secondary N) is 1. The van der Waals surface area contributed by atoms with E-state index in [1.807, 2.05) is 30.3 Å². The first-order valence-corrected chi connectivity index (χ1v) is 11.2. The topological polar surface area (TPSA) is 41.6 Å². The summed E-state index contributed by atoms with van der Waals surface area (Å²) in [6, 6.07) is 12.4. The van der Waals surface area contributed by atoms with Gasteiger partial charge in [0.1, 0.15) is 5.82 Å². The van der Waals surface area contributed by atoms with Gasteiger partial charge in [0, 0.05) is 31.8 Å². The van der Waals surface area contributed by atoms with Crippen LogP contribution >= 0.6 is 0 Å². The van der Waals surface area contributed by atoms with Gasteiger partial charge in [-0.05, 0) is 62.1 Å². The van der Waals surface area contributed by atoms with Crippen LogP contribution < -0.4 is 5.32 Å². The largest absolute Gasteiger partial charge is 0.416 e. The third-order valence-corrected chi connectivity index (χ3v) is 7.01. The predicted molar refractivity (Wildman–Crippen MR) is 116 cm³/mol. The number of amides is 1. The number of carbonyl (C=O) groups excluding carboxylic acids is 1. The Labute approximate surface area is 190 Å². The summed E-state index contributed by atoms with van der Waals surface area (Å²) in [4.78, 5) is 15.7. The number of alkyl halides is 3. The fourth-order valence-corrected chi connectivity index (χ4v) is 5.00. The minimum atomic E-state index is -4.65. The second kappa shape index (κ2) is 9.43. The summed E-state index contributed by atoms with van der Waals surface area (Å²) in [6.45, 7) is 1.30. The van der Waals surface area contributed by atoms with Crippen LogP contribution in [0.15, 0.2) is 48.5 Å². The third-order valence-electron chi connectivity index (χ3n) is 7.01. The lowest BCUT2D eigenvalue weighted by molar-refractivity contribution is -0.137. The highest BCUT2D eigenvalue weighted by atomic mass is 19.4. The molecule has 2 aromatic carbocycles. The summed E-state index contributed by atoms with van der Waals surface area (Å²) in [5, 5.41) is 2.77. The van der Waals surface area contributed by atoms with Crippen molar-refractivity contribution in [3.05, 3.63) is 71.0 Å². The van der Waals surface area contributed by atoms with Gasteiger partial charge in [0.25, 0.3) is 0 Å². The molecular formula is C25H28F4N2O2. The zero-order valence-electron chi connectivity index (χ0n) is 18.5. The van der Waals surface area contributed by atoms with Crippen molar-refractivity contribution < 1.29 is 27.1 Å². The summed E-state index contributed by atoms with van der Waals surface area (Å²) in [5.41, 5.74) is -0.860. The van der Waals surface area contributed by atoms with Gasteiger partial charge in [0.15, 0.2) is 0 Å². The van der Waals surface area contributed by atoms with Gasteiger partial charge >= 0.3 is 6.18 Å². The monoisotopic (exact) mass is 464 g/mol. The Hall–Kier alpha value is -2.45. The Morgan fingerprint density at radius 3 is 2.39 bits per heavy atom. The van der Waals surface area contributed by atoms with Gasteiger partial charge in [-0.1, -0.05) is 30.3 Å². The summed E-state index contributed by atoms with van der Waals surface area (Å²) in [7, 11) is 2.08. The molecule has 0 unspecified atom stereocenters. The molecule has 1 aliphatic heterocycles. The highest BCUT2D eigenvalue weighted by Crippen LogP contribution is 2.47. The molecule has 2 aromatic rings. The number of halogens is 4. The lowest BCUT2D eigenvalue weighted by Gasteiger charge is -2.52. The molecule has 1 saturated carbocycles. The zero-order valence-corrected chi connectivity index (χ0v) is 18.5. The van der Waals surface area contributed by atoms with E-state index in [9.17, 15) is 22.4 Å². The van der Waals surface area contributed by atoms with E-state index in [1.54, 1.807) is 0 Å². The molecule has 1 N–H and O–H groups in total. The van der Waals surface area contributed by atoms with Gasteiger partial charge in [-0.15, -0.1) is 0 Å². The van der Waals surface area contributed by atoms with Crippen LogP contribution in [0.5, 0.6) is 0 Å². The standard InChI is InChI=1S/C25H28F4N2O2/c1-31(21-7-9-33-10-8-21)22-14-24(15-22,18-5-3-2-4-6-18)23(32)30-16-17-11-19(25(27,28)29)13-20(26)12-17/h2-6,11-13,21-22H,7-10,14-16H2,1H3,(H,30,32). The van der Waals surface area contributed by atoms with Crippen molar-refractivity contribution in [1.29, 1.82) is 0 Å². The molecule has 0 bridgehead atoms. The Morgan fingerprint density at radius 1 is 1.09 bits per heavy atom. The van der Waals surface area contributed by atoms with Gasteiger partial charge in [-0.3, -0.25) is 4.79 Å². The van der Waals surface area contributed by atoms with E-state index in [2.05, 4.69) is 17.3 Å². The van der Waals surface area contributed by atoms with Crippen LogP contribution in [0, 0.1) is 5.82 Å². The van der Waals surface area contributed by atoms with Crippen LogP contribution in [0.3, 0.4) is 0 Å². The molecule has 0 aromatic heterocycles. The second-order valence-corrected chi connectivity index (χ2v) is 9.05. The second-order valence-electron chi connectivity index (χ2n) is 9.05. The fourth-order valence-electron chi connectivity index (χ4n) is 5.00. The lowest BCUT2D eigenvalue weighted by Crippen LogP contribution is -2.61. The Bertz CT molecular complexity index is 968. The van der Waals surface area contributed by atoms with Crippen LogP contribution in [-0.4, -0.2) is 43.2 Å². The van der Waals surface area contributed by atoms with Gasteiger partial charge in [-0.2, -0.15) is 13.2 Å². The Balaban J connectivity index is 1.49. The molecule has 4 rings (SSSR count). The lowest BCUT2D eigenvalue weighted by atomic mass is 9.60. The first-order valence-electron chi connectivity index (χ1n) is 11.2. The molecule has 1 aliphatic carbocycles. The van der Waals surface area contributed by atoms with Crippen molar-refractivity contribution in [2.45, 2.75) is 55.9 Å². The molecule has 4 nitrogen and oxygen atoms in total. The third kappa shape index (κ3) is 5.06. The molecule has 1 amide bonds. The molecule has 1 heterocycles. The maximum atomic E-state index is 13.7. The molecule has 8 heteroatoms. The molecule has 1 saturated heterocycles.